The van der Waals surface area contributed by atoms with Gasteiger partial charge in [0.2, 0.25) is 12.7 Å². The number of esters is 1. The number of hydrogen-bond acceptors (Lipinski definition) is 11. The number of carbonyl (C=O) groups is 4. The number of benzene rings is 1. The van der Waals surface area contributed by atoms with Gasteiger partial charge in [0.25, 0.3) is 0 Å². The van der Waals surface area contributed by atoms with Crippen LogP contribution < -0.4 is 25.4 Å². The fourth-order valence-corrected chi connectivity index (χ4v) is 6.35. The molecule has 0 aliphatic carbocycles. The number of alkyl carbamates (subject to hydrolysis) is 2. The molecule has 1 spiro atoms. The Morgan fingerprint density at radius 1 is 0.960 bits per heavy atom. The summed E-state index contributed by atoms with van der Waals surface area (Å²) >= 11 is 0. The van der Waals surface area contributed by atoms with Gasteiger partial charge in [-0.3, -0.25) is 4.79 Å². The van der Waals surface area contributed by atoms with Crippen molar-refractivity contribution in [1.82, 2.24) is 16.0 Å². The Bertz CT molecular complexity index is 1290. The van der Waals surface area contributed by atoms with Crippen molar-refractivity contribution >= 4 is 24.1 Å². The Hall–Kier alpha value is -3.78. The van der Waals surface area contributed by atoms with E-state index in [-0.39, 0.29) is 51.2 Å². The Morgan fingerprint density at radius 3 is 2.50 bits per heavy atom. The first-order valence-corrected chi connectivity index (χ1v) is 18.0. The maximum atomic E-state index is 13.0. The summed E-state index contributed by atoms with van der Waals surface area (Å²) < 4.78 is 40.4. The van der Waals surface area contributed by atoms with E-state index in [4.69, 9.17) is 33.2 Å². The van der Waals surface area contributed by atoms with Gasteiger partial charge in [-0.25, -0.2) is 14.4 Å². The van der Waals surface area contributed by atoms with Crippen molar-refractivity contribution in [2.45, 2.75) is 129 Å². The lowest BCUT2D eigenvalue weighted by molar-refractivity contribution is -0.329. The number of rotatable bonds is 16. The summed E-state index contributed by atoms with van der Waals surface area (Å²) in [6.45, 7) is 11.0. The van der Waals surface area contributed by atoms with Crippen LogP contribution in [0.2, 0.25) is 0 Å². The summed E-state index contributed by atoms with van der Waals surface area (Å²) in [6, 6.07) is 4.70. The third-order valence-electron chi connectivity index (χ3n) is 8.76. The standard InChI is InChI=1S/C36H55N3O11/c1-6-44-33(41)29(16-24(4)5)39-32(40)12-10-26-18-28(48-35(43)38-20-25-9-11-30-31(17-25)47-22-46-30)19-36(49-26)14-7-8-27(50-36)21-45-34(42)37-15-13-23(2)3/h9,11,17,23-24,26-29H,6-8,10,12-16,18-22H2,1-5H3,(H,37,42)(H,38,43)(H,39,40)/t26?,27?,28?,29-,36?/m0/s1. The molecule has 3 N–H and O–H groups in total. The van der Waals surface area contributed by atoms with Gasteiger partial charge in [0.05, 0.1) is 18.8 Å². The van der Waals surface area contributed by atoms with Crippen LogP contribution >= 0.6 is 0 Å². The highest BCUT2D eigenvalue weighted by atomic mass is 16.7. The molecule has 4 unspecified atom stereocenters. The van der Waals surface area contributed by atoms with Crippen LogP contribution in [0.1, 0.15) is 98.0 Å². The Labute approximate surface area is 294 Å². The fraction of sp³-hybridized carbons (Fsp3) is 0.722. The molecule has 1 aromatic rings. The molecule has 4 rings (SSSR count). The number of carbonyl (C=O) groups excluding carboxylic acids is 4. The summed E-state index contributed by atoms with van der Waals surface area (Å²) in [5.41, 5.74) is 0.823. The number of nitrogens with one attached hydrogen (secondary N) is 3. The van der Waals surface area contributed by atoms with Crippen molar-refractivity contribution in [2.24, 2.45) is 11.8 Å². The average Bonchev–Trinajstić information content (AvgIpc) is 3.53. The third kappa shape index (κ3) is 12.5. The van der Waals surface area contributed by atoms with E-state index in [2.05, 4.69) is 29.8 Å². The van der Waals surface area contributed by atoms with Crippen molar-refractivity contribution in [2.75, 3.05) is 26.6 Å². The van der Waals surface area contributed by atoms with Crippen LogP contribution in [0.4, 0.5) is 9.59 Å². The summed E-state index contributed by atoms with van der Waals surface area (Å²) in [6.07, 6.45) is 1.73. The van der Waals surface area contributed by atoms with E-state index >= 15 is 0 Å². The second kappa shape index (κ2) is 19.0. The highest BCUT2D eigenvalue weighted by Gasteiger charge is 2.47. The molecule has 280 valence electrons. The second-order valence-electron chi connectivity index (χ2n) is 14.0. The highest BCUT2D eigenvalue weighted by Crippen LogP contribution is 2.41. The van der Waals surface area contributed by atoms with Gasteiger partial charge < -0.3 is 49.1 Å². The van der Waals surface area contributed by atoms with E-state index in [1.807, 2.05) is 26.0 Å². The molecule has 14 heteroatoms. The number of hydrogen-bond donors (Lipinski definition) is 3. The topological polar surface area (TPSA) is 169 Å². The predicted octanol–water partition coefficient (Wildman–Crippen LogP) is 5.10. The zero-order chi connectivity index (χ0) is 36.1. The lowest BCUT2D eigenvalue weighted by Crippen LogP contribution is -2.54. The van der Waals surface area contributed by atoms with Gasteiger partial charge in [-0.05, 0) is 68.6 Å². The SMILES string of the molecule is CCOC(=O)[C@H](CC(C)C)NC(=O)CCC1CC(OC(=O)NCc2ccc3c(c2)OCO3)CC2(CCCC(COC(=O)NCCC(C)C)O2)O1. The zero-order valence-electron chi connectivity index (χ0n) is 30.1. The molecule has 1 aromatic carbocycles. The van der Waals surface area contributed by atoms with E-state index < -0.39 is 48.3 Å². The van der Waals surface area contributed by atoms with Gasteiger partial charge in [-0.1, -0.05) is 33.8 Å². The Morgan fingerprint density at radius 2 is 1.74 bits per heavy atom. The Balaban J connectivity index is 1.37. The van der Waals surface area contributed by atoms with Crippen molar-refractivity contribution < 1.29 is 52.3 Å². The van der Waals surface area contributed by atoms with Crippen molar-refractivity contribution in [3.8, 4) is 11.5 Å². The molecule has 0 aromatic heterocycles. The first kappa shape index (κ1) is 39.0. The molecule has 50 heavy (non-hydrogen) atoms. The average molecular weight is 706 g/mol. The van der Waals surface area contributed by atoms with Crippen molar-refractivity contribution in [3.05, 3.63) is 23.8 Å². The van der Waals surface area contributed by atoms with E-state index in [1.165, 1.54) is 0 Å². The van der Waals surface area contributed by atoms with Crippen LogP contribution in [0.25, 0.3) is 0 Å². The van der Waals surface area contributed by atoms with Crippen LogP contribution in [0.15, 0.2) is 18.2 Å². The minimum Gasteiger partial charge on any atom is -0.464 e. The molecule has 5 atom stereocenters. The molecule has 3 amide bonds. The first-order valence-electron chi connectivity index (χ1n) is 18.0. The summed E-state index contributed by atoms with van der Waals surface area (Å²) in [4.78, 5) is 50.8. The zero-order valence-corrected chi connectivity index (χ0v) is 30.1. The van der Waals surface area contributed by atoms with Crippen LogP contribution in [-0.2, 0) is 39.8 Å². The number of fused-ring (bicyclic) bond motifs is 1. The molecule has 3 aliphatic rings. The summed E-state index contributed by atoms with van der Waals surface area (Å²) in [5, 5.41) is 8.40. The van der Waals surface area contributed by atoms with Gasteiger partial charge in [0.15, 0.2) is 17.3 Å². The maximum absolute atomic E-state index is 13.0. The van der Waals surface area contributed by atoms with Crippen LogP contribution in [0.3, 0.4) is 0 Å². The molecule has 3 aliphatic heterocycles. The first-order chi connectivity index (χ1) is 23.9. The van der Waals surface area contributed by atoms with E-state index in [9.17, 15) is 19.2 Å². The molecular weight excluding hydrogens is 650 g/mol. The molecule has 3 heterocycles. The summed E-state index contributed by atoms with van der Waals surface area (Å²) in [5.74, 6) is 0.0571. The molecule has 2 fully saturated rings. The van der Waals surface area contributed by atoms with E-state index in [1.54, 1.807) is 13.0 Å². The third-order valence-corrected chi connectivity index (χ3v) is 8.76. The Kier molecular flexibility index (Phi) is 14.8. The largest absolute Gasteiger partial charge is 0.464 e. The van der Waals surface area contributed by atoms with E-state index in [0.717, 1.165) is 18.4 Å². The lowest BCUT2D eigenvalue weighted by Gasteiger charge is -2.47. The van der Waals surface area contributed by atoms with Gasteiger partial charge in [-0.2, -0.15) is 0 Å². The normalized spacial score (nSPS) is 23.3. The molecule has 2 saturated heterocycles. The van der Waals surface area contributed by atoms with Crippen LogP contribution in [0, 0.1) is 11.8 Å². The maximum Gasteiger partial charge on any atom is 0.407 e. The predicted molar refractivity (Wildman–Crippen MR) is 181 cm³/mol. The number of amides is 3. The molecule has 0 saturated carbocycles. The quantitative estimate of drug-likeness (QED) is 0.155. The van der Waals surface area contributed by atoms with Crippen LogP contribution in [0.5, 0.6) is 11.5 Å². The monoisotopic (exact) mass is 705 g/mol. The van der Waals surface area contributed by atoms with Crippen molar-refractivity contribution in [3.63, 3.8) is 0 Å². The van der Waals surface area contributed by atoms with Crippen LogP contribution in [-0.4, -0.2) is 80.8 Å². The van der Waals surface area contributed by atoms with Gasteiger partial charge >= 0.3 is 18.2 Å². The second-order valence-corrected chi connectivity index (χ2v) is 14.0. The highest BCUT2D eigenvalue weighted by molar-refractivity contribution is 5.84. The fourth-order valence-electron chi connectivity index (χ4n) is 6.35. The molecule has 0 bridgehead atoms. The smallest absolute Gasteiger partial charge is 0.407 e. The minimum absolute atomic E-state index is 0.0539. The van der Waals surface area contributed by atoms with E-state index in [0.29, 0.717) is 56.1 Å². The minimum atomic E-state index is -1.09. The van der Waals surface area contributed by atoms with Gasteiger partial charge in [0.1, 0.15) is 18.8 Å². The summed E-state index contributed by atoms with van der Waals surface area (Å²) in [7, 11) is 0. The van der Waals surface area contributed by atoms with Gasteiger partial charge in [-0.15, -0.1) is 0 Å². The lowest BCUT2D eigenvalue weighted by atomic mass is 9.90. The molecular formula is C36H55N3O11. The molecule has 14 nitrogen and oxygen atoms in total. The van der Waals surface area contributed by atoms with Crippen molar-refractivity contribution in [1.29, 1.82) is 0 Å². The van der Waals surface area contributed by atoms with Gasteiger partial charge in [0, 0.05) is 38.8 Å². The number of ether oxygens (including phenoxy) is 7. The molecule has 0 radical (unpaired) electrons.